The van der Waals surface area contributed by atoms with E-state index in [0.717, 1.165) is 23.3 Å². The van der Waals surface area contributed by atoms with E-state index in [-0.39, 0.29) is 82.7 Å². The first kappa shape index (κ1) is 96.6. The predicted molar refractivity (Wildman–Crippen MR) is 401 cm³/mol. The third-order valence-electron chi connectivity index (χ3n) is 11.3. The molecule has 2 aliphatic rings. The summed E-state index contributed by atoms with van der Waals surface area (Å²) in [6, 6.07) is 28.8. The molecule has 32 heteroatoms. The zero-order valence-corrected chi connectivity index (χ0v) is 58.6. The summed E-state index contributed by atoms with van der Waals surface area (Å²) in [6.45, 7) is 15.7. The minimum Gasteiger partial charge on any atom is -0.355 e. The van der Waals surface area contributed by atoms with Gasteiger partial charge in [0.15, 0.2) is 0 Å². The number of nitrogens with one attached hydrogen (secondary N) is 8. The number of amides is 8. The maximum Gasteiger partial charge on any atom is 0.365 e. The van der Waals surface area contributed by atoms with Crippen LogP contribution in [0.1, 0.15) is 198 Å². The average Bonchev–Trinajstić information content (AvgIpc) is 1.68. The molecule has 0 atom stereocenters. The van der Waals surface area contributed by atoms with Crippen molar-refractivity contribution in [1.29, 1.82) is 0 Å². The van der Waals surface area contributed by atoms with Crippen LogP contribution in [0.25, 0.3) is 0 Å². The molecule has 0 saturated carbocycles. The number of hydrazone groups is 3. The van der Waals surface area contributed by atoms with Gasteiger partial charge < -0.3 is 36.7 Å². The first-order valence-corrected chi connectivity index (χ1v) is 30.8. The second-order valence-corrected chi connectivity index (χ2v) is 19.7. The van der Waals surface area contributed by atoms with E-state index < -0.39 is 35.6 Å². The molecule has 0 bridgehead atoms. The number of aldehydes is 2. The highest BCUT2D eigenvalue weighted by atomic mass is 32.1. The fourth-order valence-electron chi connectivity index (χ4n) is 6.58. The maximum atomic E-state index is 11.8. The number of anilines is 3. The van der Waals surface area contributed by atoms with Crippen molar-refractivity contribution in [2.45, 2.75) is 110 Å². The topological polar surface area (TPSA) is 428 Å². The van der Waals surface area contributed by atoms with Crippen LogP contribution in [0.2, 0.25) is 0 Å². The van der Waals surface area contributed by atoms with Gasteiger partial charge in [-0.25, -0.2) is 24.5 Å². The number of hydroxylamine groups is 4. The molecule has 31 nitrogen and oxygen atoms in total. The molecular weight excluding hydrogens is 1330 g/mol. The molecule has 0 radical (unpaired) electrons. The molecule has 5 heterocycles. The Morgan fingerprint density at radius 1 is 0.451 bits per heavy atom. The van der Waals surface area contributed by atoms with Gasteiger partial charge in [-0.05, 0) is 120 Å². The van der Waals surface area contributed by atoms with Crippen LogP contribution in [0.3, 0.4) is 0 Å². The normalized spacial score (nSPS) is 10.7. The van der Waals surface area contributed by atoms with Gasteiger partial charge in [0.2, 0.25) is 0 Å². The number of rotatable bonds is 17. The largest absolute Gasteiger partial charge is 0.365 e. The number of nitrogens with two attached hydrogens (primary N) is 1. The van der Waals surface area contributed by atoms with E-state index in [1.807, 2.05) is 41.5 Å². The third kappa shape index (κ3) is 37.3. The van der Waals surface area contributed by atoms with Crippen LogP contribution in [-0.4, -0.2) is 157 Å². The zero-order valence-electron chi connectivity index (χ0n) is 57.7. The maximum absolute atomic E-state index is 11.8. The average molecular weight is 1430 g/mol. The number of carbonyl (C=O) groups excluding carboxylic acids is 12. The van der Waals surface area contributed by atoms with Gasteiger partial charge in [0.05, 0.1) is 28.5 Å². The Balaban J connectivity index is -0.000000572. The fraction of sp³-hybridized carbons (Fsp3) is 0.314. The number of hydrogen-bond acceptors (Lipinski definition) is 26. The fourth-order valence-corrected chi connectivity index (χ4v) is 6.58. The molecule has 0 aliphatic carbocycles. The molecule has 2 fully saturated rings. The highest BCUT2D eigenvalue weighted by Gasteiger charge is 2.34. The summed E-state index contributed by atoms with van der Waals surface area (Å²) in [5.74, 6) is -2.74. The Kier molecular flexibility index (Phi) is 53.2. The van der Waals surface area contributed by atoms with Gasteiger partial charge in [-0.2, -0.15) is 15.3 Å². The lowest BCUT2D eigenvalue weighted by atomic mass is 10.1. The summed E-state index contributed by atoms with van der Waals surface area (Å²) < 4.78 is 2.44. The molecule has 0 spiro atoms. The molecule has 0 unspecified atom stereocenters. The van der Waals surface area contributed by atoms with Crippen molar-refractivity contribution in [1.82, 2.24) is 51.1 Å². The molecule has 2 aliphatic heterocycles. The Morgan fingerprint density at radius 3 is 0.980 bits per heavy atom. The summed E-state index contributed by atoms with van der Waals surface area (Å²) in [7, 11) is 9.54. The van der Waals surface area contributed by atoms with Crippen molar-refractivity contribution in [3.63, 3.8) is 0 Å². The minimum absolute atomic E-state index is 0. The zero-order chi connectivity index (χ0) is 74.8. The number of aromatic nitrogens is 3. The van der Waals surface area contributed by atoms with Crippen molar-refractivity contribution in [3.8, 4) is 0 Å². The van der Waals surface area contributed by atoms with Gasteiger partial charge in [-0.3, -0.25) is 68.9 Å². The van der Waals surface area contributed by atoms with Crippen LogP contribution in [0.15, 0.2) is 143 Å². The lowest BCUT2D eigenvalue weighted by Gasteiger charge is -2.12. The van der Waals surface area contributed by atoms with Gasteiger partial charge in [0.25, 0.3) is 47.3 Å². The van der Waals surface area contributed by atoms with E-state index in [1.165, 1.54) is 68.5 Å². The summed E-state index contributed by atoms with van der Waals surface area (Å²) in [5.41, 5.74) is 18.8. The van der Waals surface area contributed by atoms with Crippen molar-refractivity contribution >= 4 is 120 Å². The van der Waals surface area contributed by atoms with E-state index in [1.54, 1.807) is 114 Å². The molecule has 6 aromatic rings. The standard InChI is InChI=1S/C16H17N5O2.C13H14N4O4.C12H9NO5.C10H14N4O.C9H9NO2.C3H8.C2H6.CH5NS.CH5N.3CH4/c1-17-15(22)12-5-3-11(4-6-12)9-20-21-14-8-7-13(10-19-14)16(23)18-2;1-8(2)15-16-10-4-3-9(7-14-10)13(20)21-17-11(18)5-6-12(17)19;14-7-8-1-3-9(4-2-8)12(17)18-13-10(15)5-6-11(13)16;1-7(2)13-14-9-5-4-8(6-12-9)10(15)11-3;1-10-9(12)8-4-2-7(6-11)3-5-8;1-3-2;1-2;1-2-3;1-2;;;/h3-10H,1-2H3,(H,17,22)(H,18,23)(H,19,21);3-4,7H,5-6H2,1-2H3,(H,14,16);1-4,7H,5-6H2;4-6H,1-3H3,(H,11,15)(H,12,14);2-6H,1H3,(H,10,12);3H2,1-2H3;1-2H3;2-3H,1H3;2H2,1H3;3*1H4/b20-9+;;;;;;;;;;;. The Labute approximate surface area is 602 Å². The number of pyridine rings is 3. The number of carbonyl (C=O) groups is 12. The summed E-state index contributed by atoms with van der Waals surface area (Å²) in [4.78, 5) is 156. The Hall–Kier alpha value is -11.8. The first-order valence-electron chi connectivity index (χ1n) is 30.3. The molecular formula is C70H99N17O14S. The molecule has 8 amide bonds. The SMILES string of the molecule is C.C.C.CC.CC(C)=NNc1ccc(C(=O)ON2C(=O)CCC2=O)cn1.CCC.CN.CNC(=O)c1ccc(/C=N/Nc2ccc(C(=O)NC)cn2)cc1.CNC(=O)c1ccc(C=O)cc1.CNC(=O)c1ccc(NN=C(C)C)nc1.CNS.O=Cc1ccc(C(=O)ON2C(=O)CCC2=O)cc1. The second-order valence-electron chi connectivity index (χ2n) is 19.3. The predicted octanol–water partition coefficient (Wildman–Crippen LogP) is 9.16. The first-order chi connectivity index (χ1) is 47.5. The van der Waals surface area contributed by atoms with Crippen LogP contribution < -0.4 is 48.0 Å². The monoisotopic (exact) mass is 1430 g/mol. The Morgan fingerprint density at radius 2 is 0.706 bits per heavy atom. The molecule has 8 rings (SSSR count). The lowest BCUT2D eigenvalue weighted by Crippen LogP contribution is -2.32. The molecule has 102 heavy (non-hydrogen) atoms. The van der Waals surface area contributed by atoms with Gasteiger partial charge in [0.1, 0.15) is 30.0 Å². The smallest absolute Gasteiger partial charge is 0.355 e. The molecule has 2 saturated heterocycles. The van der Waals surface area contributed by atoms with Crippen LogP contribution in [-0.2, 0) is 28.9 Å². The van der Waals surface area contributed by atoms with Gasteiger partial charge in [0, 0.05) is 106 Å². The van der Waals surface area contributed by atoms with Gasteiger partial charge >= 0.3 is 11.9 Å². The number of thiol groups is 1. The third-order valence-corrected chi connectivity index (χ3v) is 11.3. The second kappa shape index (κ2) is 56.1. The van der Waals surface area contributed by atoms with Crippen molar-refractivity contribution < 1.29 is 67.2 Å². The summed E-state index contributed by atoms with van der Waals surface area (Å²) >= 11 is 3.54. The molecule has 3 aromatic heterocycles. The highest BCUT2D eigenvalue weighted by Crippen LogP contribution is 2.17. The highest BCUT2D eigenvalue weighted by molar-refractivity contribution is 7.78. The minimum atomic E-state index is -0.812. The van der Waals surface area contributed by atoms with Gasteiger partial charge in [-0.1, -0.05) is 106 Å². The van der Waals surface area contributed by atoms with E-state index in [0.29, 0.717) is 67.2 Å². The number of nitrogens with zero attached hydrogens (tertiary/aromatic N) is 8. The Bertz CT molecular complexity index is 3590. The van der Waals surface area contributed by atoms with Gasteiger partial charge in [-0.15, -0.1) is 10.1 Å². The van der Waals surface area contributed by atoms with Crippen LogP contribution in [0.4, 0.5) is 17.5 Å². The lowest BCUT2D eigenvalue weighted by molar-refractivity contribution is -0.173. The van der Waals surface area contributed by atoms with Crippen LogP contribution in [0.5, 0.6) is 0 Å². The van der Waals surface area contributed by atoms with E-state index in [4.69, 9.17) is 9.68 Å². The molecule has 554 valence electrons. The quantitative estimate of drug-likeness (QED) is 0.0134. The molecule has 10 N–H and O–H groups in total. The van der Waals surface area contributed by atoms with Crippen molar-refractivity contribution in [2.24, 2.45) is 21.0 Å². The summed E-state index contributed by atoms with van der Waals surface area (Å²) in [5, 5.41) is 23.1. The van der Waals surface area contributed by atoms with Crippen LogP contribution in [0, 0.1) is 0 Å². The van der Waals surface area contributed by atoms with E-state index in [2.05, 4.69) is 105 Å². The number of hydrogen-bond donors (Lipinski definition) is 10. The van der Waals surface area contributed by atoms with Crippen molar-refractivity contribution in [3.05, 3.63) is 178 Å². The van der Waals surface area contributed by atoms with E-state index >= 15 is 0 Å². The molecule has 3 aromatic carbocycles. The number of benzene rings is 3. The van der Waals surface area contributed by atoms with Crippen molar-refractivity contribution in [2.75, 3.05) is 58.6 Å². The van der Waals surface area contributed by atoms with Crippen LogP contribution >= 0.6 is 12.8 Å². The summed E-state index contributed by atoms with van der Waals surface area (Å²) in [6.07, 6.45) is 8.71. The number of imide groups is 2. The van der Waals surface area contributed by atoms with E-state index in [9.17, 15) is 57.5 Å².